The maximum atomic E-state index is 13.8. The third kappa shape index (κ3) is 4.42. The first-order chi connectivity index (χ1) is 27.3. The van der Waals surface area contributed by atoms with Gasteiger partial charge >= 0.3 is 0 Å². The molecule has 266 valence electrons. The first-order valence-corrected chi connectivity index (χ1v) is 20.5. The third-order valence-electron chi connectivity index (χ3n) is 12.3. The quantitative estimate of drug-likeness (QED) is 0.0989. The van der Waals surface area contributed by atoms with Gasteiger partial charge in [0.2, 0.25) is 0 Å². The highest BCUT2D eigenvalue weighted by Gasteiger charge is 2.49. The molecule has 8 aromatic rings. The number of carbonyl (C=O) groups is 4. The van der Waals surface area contributed by atoms with Crippen LogP contribution in [0.4, 0.5) is 0 Å². The lowest BCUT2D eigenvalue weighted by Crippen LogP contribution is -2.29. The van der Waals surface area contributed by atoms with Crippen molar-refractivity contribution >= 4 is 101 Å². The summed E-state index contributed by atoms with van der Waals surface area (Å²) in [5.74, 6) is -1.10. The number of hydrogen-bond acceptors (Lipinski definition) is 8. The van der Waals surface area contributed by atoms with Crippen molar-refractivity contribution in [1.82, 2.24) is 9.97 Å². The molecule has 0 atom stereocenters. The van der Waals surface area contributed by atoms with E-state index >= 15 is 0 Å². The minimum absolute atomic E-state index is 0.138. The largest absolute Gasteiger partial charge is 0.288 e. The summed E-state index contributed by atoms with van der Waals surface area (Å²) in [6.45, 7) is 0. The monoisotopic (exact) mass is 760 g/mol. The molecule has 2 heterocycles. The lowest BCUT2D eigenvalue weighted by molar-refractivity contribution is 0.0975. The molecule has 6 nitrogen and oxygen atoms in total. The number of Topliss-reactive ketones (excluding diaryl/α,β-unsaturated/α-hetero) is 4. The molecule has 56 heavy (non-hydrogen) atoms. The SMILES string of the molecule is O=C1C(=Cc2nc3c(s2)-c2sc(C=C4C(=O)c5cc6cc7ccccc7cc6cc5C4=O)nc2C32CCCCC2)C(=O)c2cc3cc4ccccc4cc3cc21. The number of nitrogens with zero attached hydrogens (tertiary/aromatic N) is 2. The number of benzene rings is 6. The summed E-state index contributed by atoms with van der Waals surface area (Å²) in [7, 11) is 0. The first-order valence-electron chi connectivity index (χ1n) is 18.9. The van der Waals surface area contributed by atoms with E-state index in [9.17, 15) is 19.2 Å². The van der Waals surface area contributed by atoms with Gasteiger partial charge in [0, 0.05) is 22.3 Å². The van der Waals surface area contributed by atoms with Crippen LogP contribution in [0, 0.1) is 0 Å². The topological polar surface area (TPSA) is 94.1 Å². The maximum absolute atomic E-state index is 13.8. The predicted octanol–water partition coefficient (Wildman–Crippen LogP) is 11.4. The number of ketones is 4. The Bertz CT molecular complexity index is 2900. The molecule has 0 N–H and O–H groups in total. The zero-order chi connectivity index (χ0) is 37.4. The summed E-state index contributed by atoms with van der Waals surface area (Å²) < 4.78 is 0. The normalized spacial score (nSPS) is 16.8. The standard InChI is InChI=1S/C48H28N2O4S2/c51-40-32-18-28-14-24-8-2-3-9-25(24)15-29(28)19-33(32)41(52)36(40)22-38-49-46-44(55-38)45-47(48(46)12-6-1-7-13-48)50-39(56-45)23-37-42(53)34-20-30-16-26-10-4-5-11-27(26)17-31(30)21-35(34)43(37)54/h2-5,8-11,14-23H,1,6-7,12-13H2. The number of thiazole rings is 2. The summed E-state index contributed by atoms with van der Waals surface area (Å²) in [6, 6.07) is 31.8. The summed E-state index contributed by atoms with van der Waals surface area (Å²) in [4.78, 5) is 67.6. The second-order valence-electron chi connectivity index (χ2n) is 15.4. The van der Waals surface area contributed by atoms with Gasteiger partial charge in [-0.15, -0.1) is 22.7 Å². The van der Waals surface area contributed by atoms with Crippen molar-refractivity contribution in [3.05, 3.63) is 152 Å². The Morgan fingerprint density at radius 2 is 0.786 bits per heavy atom. The van der Waals surface area contributed by atoms with Crippen LogP contribution in [0.5, 0.6) is 0 Å². The summed E-state index contributed by atoms with van der Waals surface area (Å²) >= 11 is 2.96. The van der Waals surface area contributed by atoms with Crippen molar-refractivity contribution in [1.29, 1.82) is 0 Å². The van der Waals surface area contributed by atoms with E-state index in [1.165, 1.54) is 22.7 Å². The van der Waals surface area contributed by atoms with Crippen LogP contribution >= 0.6 is 22.7 Å². The fraction of sp³-hybridized carbons (Fsp3) is 0.125. The molecule has 6 aromatic carbocycles. The molecular formula is C48H28N2O4S2. The van der Waals surface area contributed by atoms with Crippen LogP contribution < -0.4 is 0 Å². The summed E-state index contributed by atoms with van der Waals surface area (Å²) in [5, 5.41) is 9.26. The maximum Gasteiger partial charge on any atom is 0.197 e. The molecule has 1 spiro atoms. The Morgan fingerprint density at radius 1 is 0.446 bits per heavy atom. The van der Waals surface area contributed by atoms with Crippen molar-refractivity contribution in [3.63, 3.8) is 0 Å². The van der Waals surface area contributed by atoms with E-state index in [1.807, 2.05) is 72.8 Å². The molecule has 0 saturated heterocycles. The summed E-state index contributed by atoms with van der Waals surface area (Å²) in [6.07, 6.45) is 8.33. The van der Waals surface area contributed by atoms with E-state index in [-0.39, 0.29) is 39.7 Å². The lowest BCUT2D eigenvalue weighted by Gasteiger charge is -2.32. The molecule has 2 aromatic heterocycles. The van der Waals surface area contributed by atoms with Gasteiger partial charge in [0.1, 0.15) is 10.0 Å². The van der Waals surface area contributed by atoms with Gasteiger partial charge in [0.25, 0.3) is 0 Å². The third-order valence-corrected chi connectivity index (χ3v) is 14.5. The molecule has 4 aliphatic rings. The van der Waals surface area contributed by atoms with Crippen molar-refractivity contribution in [2.24, 2.45) is 0 Å². The highest BCUT2D eigenvalue weighted by atomic mass is 32.1. The molecule has 0 amide bonds. The fourth-order valence-electron chi connectivity index (χ4n) is 9.53. The van der Waals surface area contributed by atoms with Crippen LogP contribution in [0.3, 0.4) is 0 Å². The minimum atomic E-state index is -0.387. The molecule has 4 aliphatic carbocycles. The van der Waals surface area contributed by atoms with Gasteiger partial charge in [0.05, 0.1) is 37.7 Å². The smallest absolute Gasteiger partial charge is 0.197 e. The van der Waals surface area contributed by atoms with Crippen LogP contribution in [-0.2, 0) is 5.41 Å². The van der Waals surface area contributed by atoms with Gasteiger partial charge in [-0.3, -0.25) is 19.2 Å². The first kappa shape index (κ1) is 32.1. The lowest BCUT2D eigenvalue weighted by atomic mass is 9.72. The molecule has 0 bridgehead atoms. The molecule has 0 radical (unpaired) electrons. The van der Waals surface area contributed by atoms with Gasteiger partial charge in [-0.25, -0.2) is 9.97 Å². The van der Waals surface area contributed by atoms with Crippen LogP contribution in [0.15, 0.2) is 108 Å². The van der Waals surface area contributed by atoms with Crippen LogP contribution in [0.25, 0.3) is 65.0 Å². The van der Waals surface area contributed by atoms with E-state index < -0.39 is 0 Å². The Morgan fingerprint density at radius 3 is 1.12 bits per heavy atom. The van der Waals surface area contributed by atoms with Crippen LogP contribution in [0.2, 0.25) is 0 Å². The molecular weight excluding hydrogens is 733 g/mol. The predicted molar refractivity (Wildman–Crippen MR) is 223 cm³/mol. The number of aromatic nitrogens is 2. The molecule has 8 heteroatoms. The average Bonchev–Trinajstić information content (AvgIpc) is 3.99. The summed E-state index contributed by atoms with van der Waals surface area (Å²) in [5.41, 5.74) is 3.54. The zero-order valence-corrected chi connectivity index (χ0v) is 31.4. The number of carbonyl (C=O) groups excluding carboxylic acids is 4. The molecule has 12 rings (SSSR count). The van der Waals surface area contributed by atoms with Crippen LogP contribution in [-0.4, -0.2) is 33.1 Å². The van der Waals surface area contributed by atoms with E-state index in [2.05, 4.69) is 24.3 Å². The van der Waals surface area contributed by atoms with E-state index in [0.29, 0.717) is 32.3 Å². The van der Waals surface area contributed by atoms with Gasteiger partial charge < -0.3 is 0 Å². The molecule has 0 aliphatic heterocycles. The Balaban J connectivity index is 0.920. The minimum Gasteiger partial charge on any atom is -0.288 e. The van der Waals surface area contributed by atoms with E-state index in [1.54, 1.807) is 12.2 Å². The van der Waals surface area contributed by atoms with Crippen molar-refractivity contribution in [3.8, 4) is 9.75 Å². The fourth-order valence-corrected chi connectivity index (χ4v) is 11.9. The van der Waals surface area contributed by atoms with Gasteiger partial charge in [-0.05, 0) is 117 Å². The van der Waals surface area contributed by atoms with Crippen molar-refractivity contribution < 1.29 is 19.2 Å². The average molecular weight is 761 g/mol. The molecule has 0 unspecified atom stereocenters. The van der Waals surface area contributed by atoms with E-state index in [4.69, 9.17) is 9.97 Å². The number of hydrogen-bond donors (Lipinski definition) is 0. The highest BCUT2D eigenvalue weighted by Crippen LogP contribution is 2.59. The molecule has 1 saturated carbocycles. The second-order valence-corrected chi connectivity index (χ2v) is 17.5. The van der Waals surface area contributed by atoms with Crippen molar-refractivity contribution in [2.75, 3.05) is 0 Å². The molecule has 1 fully saturated rings. The zero-order valence-electron chi connectivity index (χ0n) is 29.8. The number of allylic oxidation sites excluding steroid dienone is 2. The van der Waals surface area contributed by atoms with Gasteiger partial charge in [0.15, 0.2) is 23.1 Å². The van der Waals surface area contributed by atoms with E-state index in [0.717, 1.165) is 96.3 Å². The second kappa shape index (κ2) is 11.4. The Kier molecular flexibility index (Phi) is 6.53. The number of fused-ring (bicyclic) bond motifs is 11. The Labute approximate surface area is 327 Å². The van der Waals surface area contributed by atoms with Gasteiger partial charge in [-0.2, -0.15) is 0 Å². The Hall–Kier alpha value is -6.22. The van der Waals surface area contributed by atoms with Crippen molar-refractivity contribution in [2.45, 2.75) is 37.5 Å². The van der Waals surface area contributed by atoms with Crippen LogP contribution in [0.1, 0.15) is 94.9 Å². The highest BCUT2D eigenvalue weighted by molar-refractivity contribution is 7.23. The van der Waals surface area contributed by atoms with Gasteiger partial charge in [-0.1, -0.05) is 67.8 Å². The number of rotatable bonds is 2.